The molecule has 40 saturated carbocycles. The fourth-order valence-electron chi connectivity index (χ4n) is 52.5. The standard InChI is InChI=1S/C19H30.C19H32.C18H30.3C17H28.C16H26.C14H22S2/c1-13-11-18(12-13)2-4-19(5-3-18)16-7-14-6-15(9-16)10-17(19)8-14;1-13(2)16-5-7-19(8-6-16)17-9-14-3-4-15(11-17)12-18(19)10-14;1-12(2)15-3-5-18(6-4-15)16-8-13-7-14(10-16)11-17(18)9-13;1-11(2)12-3-5-17(6-4-12)15-7-13-8-16(17)10-14(13)9-15;1-12-3-2-5-17(6-4-12)15-8-13-7-14(10-15)11-16(17)9-13;1-2-12-3-5-17(6-4-12)15-8-13-7-14(10-15)11-16(17)9-13;1-11-2-4-16(5-3-11)14-7-12-6-13(9-14)10-15(16)8-12;1-9-7-15-14(16-8-9)12-3-10-2-11(5-12)6-13(14)4-10/h13-17H,2-12H2,1H3;13-18H,3-12H2,1-2H3;12-17H,3-11H2,1-2H3;11-16H,3-10H2,1-2H3;2*12-16H,2-11H2,1H3;11-15H,2-10H2,1H3;9-13H,2-8H2,1H3. The molecule has 1 saturated heterocycles. The van der Waals surface area contributed by atoms with E-state index in [1.54, 1.807) is 449 Å². The lowest BCUT2D eigenvalue weighted by Gasteiger charge is -2.65. The molecule has 0 N–H and O–H groups in total. The quantitative estimate of drug-likeness (QED) is 0.275. The Labute approximate surface area is 868 Å². The van der Waals surface area contributed by atoms with E-state index in [4.69, 9.17) is 0 Å². The van der Waals surface area contributed by atoms with Crippen LogP contribution in [0.2, 0.25) is 0 Å². The zero-order valence-corrected chi connectivity index (χ0v) is 95.1. The van der Waals surface area contributed by atoms with E-state index in [1.807, 2.05) is 0 Å². The lowest BCUT2D eigenvalue weighted by Crippen LogP contribution is -2.56. The van der Waals surface area contributed by atoms with Gasteiger partial charge in [-0.2, -0.15) is 0 Å². The Kier molecular flexibility index (Phi) is 27.8. The highest BCUT2D eigenvalue weighted by molar-refractivity contribution is 8.18. The van der Waals surface area contributed by atoms with Crippen LogP contribution in [0, 0.1) is 298 Å². The first kappa shape index (κ1) is 99.1. The van der Waals surface area contributed by atoms with Crippen LogP contribution in [-0.4, -0.2) is 15.6 Å². The summed E-state index contributed by atoms with van der Waals surface area (Å²) in [6, 6.07) is 0. The van der Waals surface area contributed by atoms with Gasteiger partial charge in [0.2, 0.25) is 0 Å². The molecule has 0 aromatic rings. The first-order chi connectivity index (χ1) is 67.3. The third-order valence-corrected chi connectivity index (χ3v) is 63.2. The van der Waals surface area contributed by atoms with Crippen molar-refractivity contribution in [2.24, 2.45) is 298 Å². The van der Waals surface area contributed by atoms with Gasteiger partial charge in [-0.05, 0) is 720 Å². The van der Waals surface area contributed by atoms with Crippen LogP contribution in [0.15, 0.2) is 0 Å². The van der Waals surface area contributed by atoms with Crippen LogP contribution in [0.4, 0.5) is 0 Å². The second-order valence-corrected chi connectivity index (χ2v) is 68.6. The molecule has 784 valence electrons. The van der Waals surface area contributed by atoms with Gasteiger partial charge in [0.05, 0.1) is 4.08 Å². The van der Waals surface area contributed by atoms with Gasteiger partial charge < -0.3 is 0 Å². The lowest BCUT2D eigenvalue weighted by molar-refractivity contribution is -0.154. The number of rotatable bonds is 4. The second kappa shape index (κ2) is 39.0. The first-order valence-corrected chi connectivity index (χ1v) is 68.5. The van der Waals surface area contributed by atoms with Gasteiger partial charge in [0.25, 0.3) is 0 Å². The largest absolute Gasteiger partial charge is 0.143 e. The van der Waals surface area contributed by atoms with Crippen molar-refractivity contribution in [3.63, 3.8) is 0 Å². The molecule has 41 aliphatic rings. The zero-order chi connectivity index (χ0) is 94.1. The van der Waals surface area contributed by atoms with E-state index in [0.29, 0.717) is 4.08 Å². The fourth-order valence-corrected chi connectivity index (χ4v) is 56.4. The predicted octanol–water partition coefficient (Wildman–Crippen LogP) is 40.2. The molecule has 0 aromatic carbocycles. The summed E-state index contributed by atoms with van der Waals surface area (Å²) >= 11 is 4.74. The van der Waals surface area contributed by atoms with Crippen molar-refractivity contribution >= 4 is 23.5 Å². The highest BCUT2D eigenvalue weighted by Crippen LogP contribution is 2.78. The zero-order valence-electron chi connectivity index (χ0n) is 93.5. The maximum absolute atomic E-state index is 2.50. The Balaban J connectivity index is 0.0000000820. The van der Waals surface area contributed by atoms with Crippen LogP contribution in [0.25, 0.3) is 0 Å². The van der Waals surface area contributed by atoms with E-state index in [1.165, 1.54) is 48.0 Å². The van der Waals surface area contributed by atoms with Gasteiger partial charge in [0.15, 0.2) is 0 Å². The Bertz CT molecular complexity index is 3760. The summed E-state index contributed by atoms with van der Waals surface area (Å²) in [5.74, 6) is 50.8. The Morgan fingerprint density at radius 1 is 0.201 bits per heavy atom. The van der Waals surface area contributed by atoms with Crippen molar-refractivity contribution in [2.75, 3.05) is 11.5 Å². The maximum Gasteiger partial charge on any atom is 0.0667 e. The fraction of sp³-hybridized carbons (Fsp3) is 1.00. The molecule has 0 radical (unpaired) electrons. The van der Waals surface area contributed by atoms with E-state index in [0.717, 1.165) is 274 Å². The summed E-state index contributed by atoms with van der Waals surface area (Å²) in [7, 11) is 0. The van der Waals surface area contributed by atoms with E-state index in [9.17, 15) is 0 Å². The van der Waals surface area contributed by atoms with Crippen LogP contribution < -0.4 is 0 Å². The van der Waals surface area contributed by atoms with Crippen molar-refractivity contribution in [1.29, 1.82) is 0 Å². The normalized spacial score (nSPS) is 57.4. The summed E-state index contributed by atoms with van der Waals surface area (Å²) in [5, 5.41) is 0. The van der Waals surface area contributed by atoms with E-state index in [2.05, 4.69) is 99.7 Å². The number of hydrogen-bond acceptors (Lipinski definition) is 2. The van der Waals surface area contributed by atoms with Crippen LogP contribution in [-0.2, 0) is 0 Å². The van der Waals surface area contributed by atoms with Gasteiger partial charge in [-0.15, -0.1) is 23.5 Å². The first-order valence-electron chi connectivity index (χ1n) is 66.6. The van der Waals surface area contributed by atoms with Crippen molar-refractivity contribution in [3.8, 4) is 0 Å². The van der Waals surface area contributed by atoms with Gasteiger partial charge in [0.1, 0.15) is 0 Å². The average molecular weight is 1940 g/mol. The molecular formula is C137H224S2. The topological polar surface area (TPSA) is 0 Å². The summed E-state index contributed by atoms with van der Waals surface area (Å²) in [5.41, 5.74) is 6.81. The van der Waals surface area contributed by atoms with Crippen molar-refractivity contribution in [3.05, 3.63) is 0 Å². The monoisotopic (exact) mass is 1930 g/mol. The maximum atomic E-state index is 2.50. The lowest BCUT2D eigenvalue weighted by atomic mass is 9.39. The van der Waals surface area contributed by atoms with Gasteiger partial charge in [-0.1, -0.05) is 128 Å². The molecule has 2 heteroatoms. The minimum Gasteiger partial charge on any atom is -0.143 e. The Morgan fingerprint density at radius 3 is 0.683 bits per heavy atom. The molecule has 0 nitrogen and oxygen atoms in total. The molecule has 40 aliphatic carbocycles. The molecule has 0 aromatic heterocycles. The van der Waals surface area contributed by atoms with Crippen LogP contribution in [0.1, 0.15) is 538 Å². The van der Waals surface area contributed by atoms with Crippen LogP contribution in [0.3, 0.4) is 0 Å². The molecule has 41 fully saturated rings. The molecule has 0 amide bonds. The summed E-state index contributed by atoms with van der Waals surface area (Å²) < 4.78 is 0.694. The van der Waals surface area contributed by atoms with Gasteiger partial charge in [-0.25, -0.2) is 0 Å². The van der Waals surface area contributed by atoms with Crippen molar-refractivity contribution in [1.82, 2.24) is 0 Å². The SMILES string of the molecule is CC(C)C1CCC2(CC1)C1CC3CC(C1)CC2C3.CC(C)C1CCC2(CC1)C1CC3CC2CC3C1.CC(C)C1CCC2(CC1)C1CC3CCC(C1)CC2C3.CC1CC2(CCC3(CC2)C2CC4CC(C2)CC3C4)C1.CC1CCC2(CC1)C1CC3CC(C1)CC2C3.CC1CCCC2(CC1)C1CC3CC(C1)CC2C3.CC1CSC2(SC1)C1CC3CC(C1)CC2C3.CCC1CCC2(CC1)C1CC3CC(C1)CC2C3. The van der Waals surface area contributed by atoms with Crippen molar-refractivity contribution < 1.29 is 0 Å². The number of thioether (sulfide) groups is 2. The third-order valence-electron chi connectivity index (χ3n) is 58.8. The van der Waals surface area contributed by atoms with Crippen molar-refractivity contribution in [2.45, 2.75) is 543 Å². The average Bonchev–Trinajstić information content (AvgIpc) is 1.52. The molecule has 32 bridgehead atoms. The summed E-state index contributed by atoms with van der Waals surface area (Å²) in [6.45, 7) is 26.9. The molecule has 1 heterocycles. The Morgan fingerprint density at radius 2 is 0.424 bits per heavy atom. The molecule has 1 aliphatic heterocycles. The highest BCUT2D eigenvalue weighted by Gasteiger charge is 2.68. The Hall–Kier alpha value is 0.700. The van der Waals surface area contributed by atoms with Gasteiger partial charge >= 0.3 is 0 Å². The molecular weight excluding hydrogens is 1710 g/mol. The van der Waals surface area contributed by atoms with E-state index in [-0.39, 0.29) is 0 Å². The predicted molar refractivity (Wildman–Crippen MR) is 592 cm³/mol. The number of hydrogen-bond donors (Lipinski definition) is 0. The molecule has 139 heavy (non-hydrogen) atoms. The molecule has 1 atom stereocenters. The number of fused-ring (bicyclic) bond motifs is 1. The smallest absolute Gasteiger partial charge is 0.0667 e. The van der Waals surface area contributed by atoms with Gasteiger partial charge in [-0.3, -0.25) is 0 Å². The van der Waals surface area contributed by atoms with E-state index >= 15 is 0 Å². The van der Waals surface area contributed by atoms with E-state index < -0.39 is 0 Å². The van der Waals surface area contributed by atoms with Crippen LogP contribution >= 0.6 is 23.5 Å². The third kappa shape index (κ3) is 17.9. The summed E-state index contributed by atoms with van der Waals surface area (Å²) in [6.07, 6.45) is 115. The van der Waals surface area contributed by atoms with Gasteiger partial charge in [0, 0.05) is 0 Å². The summed E-state index contributed by atoms with van der Waals surface area (Å²) in [4.78, 5) is 0. The minimum atomic E-state index is 0.694. The molecule has 1 unspecified atom stereocenters. The second-order valence-electron chi connectivity index (χ2n) is 65.7. The molecule has 41 rings (SSSR count). The highest BCUT2D eigenvalue weighted by atomic mass is 32.2. The minimum absolute atomic E-state index is 0.694. The molecule has 9 spiro atoms. The van der Waals surface area contributed by atoms with Crippen LogP contribution in [0.5, 0.6) is 0 Å².